The van der Waals surface area contributed by atoms with Gasteiger partial charge in [0, 0.05) is 13.1 Å². The number of fused-ring (bicyclic) bond motifs is 1. The number of likely N-dealkylation sites (tertiary alicyclic amines) is 1. The molecule has 0 spiro atoms. The average Bonchev–Trinajstić information content (AvgIpc) is 3.12. The Morgan fingerprint density at radius 2 is 2.21 bits per heavy atom. The van der Waals surface area contributed by atoms with Gasteiger partial charge in [-0.05, 0) is 36.4 Å². The lowest BCUT2D eigenvalue weighted by Crippen LogP contribution is -2.25. The smallest absolute Gasteiger partial charge is 0.268 e. The molecule has 2 aliphatic rings. The van der Waals surface area contributed by atoms with Crippen LogP contribution >= 0.6 is 11.3 Å². The lowest BCUT2D eigenvalue weighted by atomic mass is 10.0. The number of aromatic nitrogens is 2. The molecule has 4 rings (SSSR count). The maximum atomic E-state index is 5.32. The van der Waals surface area contributed by atoms with Gasteiger partial charge in [-0.25, -0.2) is 0 Å². The molecule has 0 bridgehead atoms. The van der Waals surface area contributed by atoms with Crippen molar-refractivity contribution >= 4 is 11.3 Å². The van der Waals surface area contributed by atoms with Crippen LogP contribution in [0, 0.1) is 11.8 Å². The summed E-state index contributed by atoms with van der Waals surface area (Å²) in [6.07, 6.45) is 0. The Hall–Kier alpha value is -1.24. The highest BCUT2D eigenvalue weighted by Gasteiger charge is 2.36. The molecule has 0 unspecified atom stereocenters. The van der Waals surface area contributed by atoms with Crippen LogP contribution in [0.3, 0.4) is 0 Å². The summed E-state index contributed by atoms with van der Waals surface area (Å²) < 4.78 is 5.32. The molecular weight excluding hydrogens is 260 g/mol. The van der Waals surface area contributed by atoms with Crippen molar-refractivity contribution in [3.63, 3.8) is 0 Å². The van der Waals surface area contributed by atoms with Crippen molar-refractivity contribution in [2.45, 2.75) is 6.54 Å². The van der Waals surface area contributed by atoms with Gasteiger partial charge in [0.25, 0.3) is 5.89 Å². The van der Waals surface area contributed by atoms with Crippen LogP contribution in [0.2, 0.25) is 0 Å². The SMILES string of the molecule is c1csc(-c2nc(CN3C[C@H]4CNC[C@H]4C3)no2)c1. The van der Waals surface area contributed by atoms with E-state index in [1.165, 1.54) is 0 Å². The fraction of sp³-hybridized carbons (Fsp3) is 0.538. The van der Waals surface area contributed by atoms with Crippen molar-refractivity contribution in [2.75, 3.05) is 26.2 Å². The lowest BCUT2D eigenvalue weighted by Gasteiger charge is -2.13. The van der Waals surface area contributed by atoms with E-state index in [4.69, 9.17) is 4.52 Å². The van der Waals surface area contributed by atoms with Gasteiger partial charge in [0.1, 0.15) is 0 Å². The molecule has 6 heteroatoms. The largest absolute Gasteiger partial charge is 0.333 e. The Balaban J connectivity index is 1.44. The number of nitrogens with one attached hydrogen (secondary N) is 1. The zero-order valence-electron chi connectivity index (χ0n) is 10.6. The van der Waals surface area contributed by atoms with Gasteiger partial charge >= 0.3 is 0 Å². The van der Waals surface area contributed by atoms with Gasteiger partial charge in [-0.2, -0.15) is 4.98 Å². The first kappa shape index (κ1) is 11.6. The molecule has 2 fully saturated rings. The molecule has 2 atom stereocenters. The Kier molecular flexibility index (Phi) is 2.86. The molecule has 2 saturated heterocycles. The molecule has 1 N–H and O–H groups in total. The quantitative estimate of drug-likeness (QED) is 0.919. The van der Waals surface area contributed by atoms with Crippen LogP contribution < -0.4 is 5.32 Å². The van der Waals surface area contributed by atoms with E-state index >= 15 is 0 Å². The standard InChI is InChI=1S/C13H16N4OS/c1-2-11(19-3-1)13-15-12(16-18-13)8-17-6-9-4-14-5-10(9)7-17/h1-3,9-10,14H,4-8H2/t9-,10+. The first-order valence-corrected chi connectivity index (χ1v) is 7.56. The fourth-order valence-electron chi connectivity index (χ4n) is 3.10. The van der Waals surface area contributed by atoms with E-state index in [2.05, 4.69) is 20.4 Å². The third-order valence-electron chi connectivity index (χ3n) is 4.03. The number of hydrogen-bond acceptors (Lipinski definition) is 6. The predicted octanol–water partition coefficient (Wildman–Crippen LogP) is 1.45. The van der Waals surface area contributed by atoms with Gasteiger partial charge in [0.15, 0.2) is 5.82 Å². The Labute approximate surface area is 115 Å². The molecule has 0 radical (unpaired) electrons. The van der Waals surface area contributed by atoms with E-state index < -0.39 is 0 Å². The van der Waals surface area contributed by atoms with Crippen LogP contribution in [0.15, 0.2) is 22.0 Å². The van der Waals surface area contributed by atoms with Crippen LogP contribution in [0.4, 0.5) is 0 Å². The van der Waals surface area contributed by atoms with Crippen molar-refractivity contribution in [1.29, 1.82) is 0 Å². The van der Waals surface area contributed by atoms with E-state index in [0.717, 1.165) is 55.3 Å². The Morgan fingerprint density at radius 1 is 1.37 bits per heavy atom. The number of hydrogen-bond donors (Lipinski definition) is 1. The maximum Gasteiger partial charge on any atom is 0.268 e. The third kappa shape index (κ3) is 2.20. The van der Waals surface area contributed by atoms with E-state index in [0.29, 0.717) is 5.89 Å². The van der Waals surface area contributed by atoms with E-state index in [1.54, 1.807) is 11.3 Å². The molecule has 19 heavy (non-hydrogen) atoms. The van der Waals surface area contributed by atoms with Crippen LogP contribution in [0.1, 0.15) is 5.82 Å². The Morgan fingerprint density at radius 3 is 2.95 bits per heavy atom. The second-order valence-corrected chi connectivity index (χ2v) is 6.31. The third-order valence-corrected chi connectivity index (χ3v) is 4.89. The fourth-order valence-corrected chi connectivity index (χ4v) is 3.74. The van der Waals surface area contributed by atoms with E-state index in [-0.39, 0.29) is 0 Å². The average molecular weight is 276 g/mol. The first-order valence-electron chi connectivity index (χ1n) is 6.68. The van der Waals surface area contributed by atoms with Gasteiger partial charge in [-0.15, -0.1) is 11.3 Å². The van der Waals surface area contributed by atoms with E-state index in [1.807, 2.05) is 17.5 Å². The van der Waals surface area contributed by atoms with Gasteiger partial charge in [-0.1, -0.05) is 11.2 Å². The predicted molar refractivity (Wildman–Crippen MR) is 72.7 cm³/mol. The van der Waals surface area contributed by atoms with Crippen LogP contribution in [0.25, 0.3) is 10.8 Å². The molecule has 2 aromatic heterocycles. The minimum absolute atomic E-state index is 0.644. The minimum Gasteiger partial charge on any atom is -0.333 e. The summed E-state index contributed by atoms with van der Waals surface area (Å²) in [6, 6.07) is 4.01. The van der Waals surface area contributed by atoms with Crippen molar-refractivity contribution in [3.05, 3.63) is 23.3 Å². The molecule has 0 aromatic carbocycles. The molecule has 2 aromatic rings. The highest BCUT2D eigenvalue weighted by molar-refractivity contribution is 7.13. The normalized spacial score (nSPS) is 26.9. The molecule has 100 valence electrons. The second-order valence-electron chi connectivity index (χ2n) is 5.37. The summed E-state index contributed by atoms with van der Waals surface area (Å²) >= 11 is 1.63. The Bertz CT molecular complexity index is 541. The lowest BCUT2D eigenvalue weighted by molar-refractivity contribution is 0.291. The number of nitrogens with zero attached hydrogens (tertiary/aromatic N) is 3. The number of rotatable bonds is 3. The van der Waals surface area contributed by atoms with Gasteiger partial charge in [0.05, 0.1) is 11.4 Å². The summed E-state index contributed by atoms with van der Waals surface area (Å²) in [5, 5.41) is 9.57. The minimum atomic E-state index is 0.644. The zero-order valence-corrected chi connectivity index (χ0v) is 11.4. The summed E-state index contributed by atoms with van der Waals surface area (Å²) in [7, 11) is 0. The molecule has 0 saturated carbocycles. The summed E-state index contributed by atoms with van der Waals surface area (Å²) in [6.45, 7) is 5.44. The summed E-state index contributed by atoms with van der Waals surface area (Å²) in [4.78, 5) is 7.97. The highest BCUT2D eigenvalue weighted by atomic mass is 32.1. The highest BCUT2D eigenvalue weighted by Crippen LogP contribution is 2.28. The molecular formula is C13H16N4OS. The van der Waals surface area contributed by atoms with Crippen molar-refractivity contribution in [2.24, 2.45) is 11.8 Å². The first-order chi connectivity index (χ1) is 9.38. The van der Waals surface area contributed by atoms with Crippen LogP contribution in [0.5, 0.6) is 0 Å². The molecule has 0 aliphatic carbocycles. The monoisotopic (exact) mass is 276 g/mol. The molecule has 2 aliphatic heterocycles. The van der Waals surface area contributed by atoms with Gasteiger partial charge in [0.2, 0.25) is 0 Å². The molecule has 0 amide bonds. The van der Waals surface area contributed by atoms with Crippen LogP contribution in [-0.2, 0) is 6.54 Å². The summed E-state index contributed by atoms with van der Waals surface area (Å²) in [5.74, 6) is 3.06. The zero-order chi connectivity index (χ0) is 12.7. The number of thiophene rings is 1. The van der Waals surface area contributed by atoms with Crippen molar-refractivity contribution < 1.29 is 4.52 Å². The van der Waals surface area contributed by atoms with Gasteiger partial charge < -0.3 is 9.84 Å². The molecule has 5 nitrogen and oxygen atoms in total. The topological polar surface area (TPSA) is 54.2 Å². The molecule has 4 heterocycles. The maximum absolute atomic E-state index is 5.32. The van der Waals surface area contributed by atoms with Crippen LogP contribution in [-0.4, -0.2) is 41.2 Å². The summed E-state index contributed by atoms with van der Waals surface area (Å²) in [5.41, 5.74) is 0. The van der Waals surface area contributed by atoms with E-state index in [9.17, 15) is 0 Å². The van der Waals surface area contributed by atoms with Gasteiger partial charge in [-0.3, -0.25) is 4.90 Å². The second kappa shape index (κ2) is 4.70. The van der Waals surface area contributed by atoms with Crippen molar-refractivity contribution in [3.8, 4) is 10.8 Å². The van der Waals surface area contributed by atoms with Crippen molar-refractivity contribution in [1.82, 2.24) is 20.4 Å².